The third-order valence-electron chi connectivity index (χ3n) is 5.69. The average Bonchev–Trinajstić information content (AvgIpc) is 3.17. The normalized spacial score (nSPS) is 11.8. The Hall–Kier alpha value is -3.99. The molecule has 1 aromatic heterocycles. The number of halogens is 1. The van der Waals surface area contributed by atoms with E-state index in [0.29, 0.717) is 16.5 Å². The molecule has 0 aliphatic carbocycles. The summed E-state index contributed by atoms with van der Waals surface area (Å²) in [6.07, 6.45) is 3.12. The van der Waals surface area contributed by atoms with Crippen LogP contribution in [0.1, 0.15) is 53.6 Å². The van der Waals surface area contributed by atoms with Crippen LogP contribution in [0.15, 0.2) is 77.2 Å². The fraction of sp³-hybridized carbons (Fsp3) is 0.172. The van der Waals surface area contributed by atoms with Crippen molar-refractivity contribution in [2.45, 2.75) is 33.1 Å². The van der Waals surface area contributed by atoms with Crippen molar-refractivity contribution >= 4 is 34.4 Å². The Kier molecular flexibility index (Phi) is 6.20. The number of carbonyl (C=O) groups is 2. The summed E-state index contributed by atoms with van der Waals surface area (Å²) < 4.78 is 19.8. The van der Waals surface area contributed by atoms with Crippen LogP contribution in [-0.4, -0.2) is 11.7 Å². The Bertz CT molecular complexity index is 1410. The van der Waals surface area contributed by atoms with Crippen LogP contribution in [0, 0.1) is 12.7 Å². The lowest BCUT2D eigenvalue weighted by atomic mass is 9.87. The van der Waals surface area contributed by atoms with Crippen molar-refractivity contribution in [2.75, 3.05) is 5.32 Å². The van der Waals surface area contributed by atoms with Gasteiger partial charge in [-0.3, -0.25) is 9.59 Å². The van der Waals surface area contributed by atoms with Crippen molar-refractivity contribution in [2.24, 2.45) is 0 Å². The third-order valence-corrected chi connectivity index (χ3v) is 5.69. The number of benzene rings is 3. The van der Waals surface area contributed by atoms with Gasteiger partial charge in [-0.1, -0.05) is 69.3 Å². The summed E-state index contributed by atoms with van der Waals surface area (Å²) in [7, 11) is 0. The van der Waals surface area contributed by atoms with E-state index in [1.165, 1.54) is 23.8 Å². The zero-order valence-electron chi connectivity index (χ0n) is 19.6. The number of rotatable bonds is 5. The maximum atomic E-state index is 14.1. The van der Waals surface area contributed by atoms with E-state index in [9.17, 15) is 14.0 Å². The number of anilines is 1. The van der Waals surface area contributed by atoms with Crippen molar-refractivity contribution < 1.29 is 18.4 Å². The van der Waals surface area contributed by atoms with E-state index in [1.807, 2.05) is 24.3 Å². The number of nitrogens with one attached hydrogen (secondary N) is 1. The standard InChI is InChI=1S/C29H26FNO3/c1-18-9-13-20(17-23(18)30)27(33)28-26(22-7-5-6-8-24(22)34-28)31-25(32)16-12-19-10-14-21(15-11-19)29(2,3)4/h5-17H,1-4H3,(H,31,32)/b16-12+. The van der Waals surface area contributed by atoms with E-state index in [1.54, 1.807) is 43.3 Å². The molecule has 0 unspecified atom stereocenters. The van der Waals surface area contributed by atoms with Gasteiger partial charge >= 0.3 is 0 Å². The largest absolute Gasteiger partial charge is 0.450 e. The monoisotopic (exact) mass is 455 g/mol. The highest BCUT2D eigenvalue weighted by molar-refractivity contribution is 6.18. The molecule has 5 heteroatoms. The van der Waals surface area contributed by atoms with Gasteiger partial charge in [-0.25, -0.2) is 4.39 Å². The number of furan rings is 1. The number of fused-ring (bicyclic) bond motifs is 1. The Morgan fingerprint density at radius 1 is 0.971 bits per heavy atom. The molecule has 1 heterocycles. The lowest BCUT2D eigenvalue weighted by Gasteiger charge is -2.18. The zero-order valence-corrected chi connectivity index (χ0v) is 19.6. The van der Waals surface area contributed by atoms with Crippen molar-refractivity contribution in [3.63, 3.8) is 0 Å². The molecular formula is C29H26FNO3. The van der Waals surface area contributed by atoms with Crippen molar-refractivity contribution in [1.82, 2.24) is 0 Å². The molecule has 4 rings (SSSR count). The van der Waals surface area contributed by atoms with Gasteiger partial charge in [0, 0.05) is 17.0 Å². The molecule has 0 spiro atoms. The molecule has 3 aromatic carbocycles. The molecule has 0 aliphatic rings. The second kappa shape index (κ2) is 9.10. The van der Waals surface area contributed by atoms with Crippen molar-refractivity contribution in [1.29, 1.82) is 0 Å². The minimum atomic E-state index is -0.507. The molecule has 0 saturated heterocycles. The van der Waals surface area contributed by atoms with Crippen LogP contribution in [-0.2, 0) is 10.2 Å². The van der Waals surface area contributed by atoms with E-state index < -0.39 is 17.5 Å². The van der Waals surface area contributed by atoms with Crippen LogP contribution < -0.4 is 5.32 Å². The van der Waals surface area contributed by atoms with Crippen LogP contribution in [0.2, 0.25) is 0 Å². The summed E-state index contributed by atoms with van der Waals surface area (Å²) in [6.45, 7) is 8.05. The fourth-order valence-electron chi connectivity index (χ4n) is 3.63. The Morgan fingerprint density at radius 3 is 2.35 bits per heavy atom. The second-order valence-corrected chi connectivity index (χ2v) is 9.29. The molecule has 0 radical (unpaired) electrons. The highest BCUT2D eigenvalue weighted by Gasteiger charge is 2.23. The summed E-state index contributed by atoms with van der Waals surface area (Å²) in [5.41, 5.74) is 3.43. The number of amides is 1. The predicted octanol–water partition coefficient (Wildman–Crippen LogP) is 7.06. The van der Waals surface area contributed by atoms with Crippen molar-refractivity contribution in [3.8, 4) is 0 Å². The molecule has 0 bridgehead atoms. The molecule has 1 N–H and O–H groups in total. The highest BCUT2D eigenvalue weighted by atomic mass is 19.1. The number of hydrogen-bond acceptors (Lipinski definition) is 3. The first kappa shape index (κ1) is 23.2. The molecule has 0 aliphatic heterocycles. The maximum Gasteiger partial charge on any atom is 0.248 e. The smallest absolute Gasteiger partial charge is 0.248 e. The molecule has 172 valence electrons. The van der Waals surface area contributed by atoms with Gasteiger partial charge in [0.15, 0.2) is 5.76 Å². The Labute approximate surface area is 198 Å². The summed E-state index contributed by atoms with van der Waals surface area (Å²) in [4.78, 5) is 25.9. The summed E-state index contributed by atoms with van der Waals surface area (Å²) in [5.74, 6) is -1.43. The minimum Gasteiger partial charge on any atom is -0.450 e. The topological polar surface area (TPSA) is 59.3 Å². The van der Waals surface area contributed by atoms with Crippen molar-refractivity contribution in [3.05, 3.63) is 107 Å². The van der Waals surface area contributed by atoms with E-state index in [-0.39, 0.29) is 22.4 Å². The number of para-hydroxylation sites is 1. The van der Waals surface area contributed by atoms with Gasteiger partial charge < -0.3 is 9.73 Å². The van der Waals surface area contributed by atoms with E-state index >= 15 is 0 Å². The first-order valence-corrected chi connectivity index (χ1v) is 11.1. The van der Waals surface area contributed by atoms with E-state index in [2.05, 4.69) is 26.1 Å². The lowest BCUT2D eigenvalue weighted by Crippen LogP contribution is -2.12. The zero-order chi connectivity index (χ0) is 24.5. The molecule has 34 heavy (non-hydrogen) atoms. The lowest BCUT2D eigenvalue weighted by molar-refractivity contribution is -0.111. The number of hydrogen-bond donors (Lipinski definition) is 1. The van der Waals surface area contributed by atoms with E-state index in [4.69, 9.17) is 4.42 Å². The number of ketones is 1. The Morgan fingerprint density at radius 2 is 1.68 bits per heavy atom. The summed E-state index contributed by atoms with van der Waals surface area (Å²) in [6, 6.07) is 19.3. The van der Waals surface area contributed by atoms with Gasteiger partial charge in [0.25, 0.3) is 0 Å². The molecule has 0 atom stereocenters. The van der Waals surface area contributed by atoms with Gasteiger partial charge in [-0.05, 0) is 53.3 Å². The Balaban J connectivity index is 1.62. The van der Waals surface area contributed by atoms with Crippen LogP contribution >= 0.6 is 0 Å². The van der Waals surface area contributed by atoms with Crippen LogP contribution in [0.25, 0.3) is 17.0 Å². The average molecular weight is 456 g/mol. The summed E-state index contributed by atoms with van der Waals surface area (Å²) >= 11 is 0. The molecule has 4 nitrogen and oxygen atoms in total. The van der Waals surface area contributed by atoms with Gasteiger partial charge in [-0.15, -0.1) is 0 Å². The molecule has 0 fully saturated rings. The molecule has 4 aromatic rings. The van der Waals surface area contributed by atoms with Gasteiger partial charge in [0.05, 0.1) is 5.69 Å². The second-order valence-electron chi connectivity index (χ2n) is 9.29. The molecule has 1 amide bonds. The molecular weight excluding hydrogens is 429 g/mol. The van der Waals surface area contributed by atoms with Crippen LogP contribution in [0.4, 0.5) is 10.1 Å². The first-order chi connectivity index (χ1) is 16.1. The van der Waals surface area contributed by atoms with Crippen LogP contribution in [0.5, 0.6) is 0 Å². The van der Waals surface area contributed by atoms with E-state index in [0.717, 1.165) is 5.56 Å². The van der Waals surface area contributed by atoms with Crippen LogP contribution in [0.3, 0.4) is 0 Å². The highest BCUT2D eigenvalue weighted by Crippen LogP contribution is 2.33. The first-order valence-electron chi connectivity index (χ1n) is 11.1. The molecule has 0 saturated carbocycles. The SMILES string of the molecule is Cc1ccc(C(=O)c2oc3ccccc3c2NC(=O)/C=C/c2ccc(C(C)(C)C)cc2)cc1F. The summed E-state index contributed by atoms with van der Waals surface area (Å²) in [5, 5.41) is 3.37. The van der Waals surface area contributed by atoms with Gasteiger partial charge in [-0.2, -0.15) is 0 Å². The predicted molar refractivity (Wildman–Crippen MR) is 134 cm³/mol. The van der Waals surface area contributed by atoms with Gasteiger partial charge in [0.1, 0.15) is 11.4 Å². The maximum absolute atomic E-state index is 14.1. The minimum absolute atomic E-state index is 0.0410. The fourth-order valence-corrected chi connectivity index (χ4v) is 3.63. The van der Waals surface area contributed by atoms with Gasteiger partial charge in [0.2, 0.25) is 11.7 Å². The number of aryl methyl sites for hydroxylation is 1. The quantitative estimate of drug-likeness (QED) is 0.259. The third kappa shape index (κ3) is 4.84. The number of carbonyl (C=O) groups excluding carboxylic acids is 2.